The summed E-state index contributed by atoms with van der Waals surface area (Å²) in [5.41, 5.74) is 1.12. The Hall–Kier alpha value is -2.67. The van der Waals surface area contributed by atoms with Gasteiger partial charge in [-0.1, -0.05) is 24.4 Å². The SMILES string of the molecule is O=c1o[nH]c(-c2ccnc(C=S)n2)c1-c1ccc(F)cc1. The summed E-state index contributed by atoms with van der Waals surface area (Å²) in [6.07, 6.45) is 1.53. The molecular weight excluding hydrogens is 293 g/mol. The average molecular weight is 301 g/mol. The van der Waals surface area contributed by atoms with Crippen LogP contribution in [0.2, 0.25) is 0 Å². The molecule has 104 valence electrons. The summed E-state index contributed by atoms with van der Waals surface area (Å²) >= 11 is 4.79. The molecule has 0 unspecified atom stereocenters. The van der Waals surface area contributed by atoms with Crippen molar-refractivity contribution in [2.75, 3.05) is 0 Å². The lowest BCUT2D eigenvalue weighted by Gasteiger charge is -2.01. The van der Waals surface area contributed by atoms with Crippen molar-refractivity contribution in [2.45, 2.75) is 0 Å². The molecule has 0 saturated carbocycles. The van der Waals surface area contributed by atoms with Gasteiger partial charge < -0.3 is 4.52 Å². The Kier molecular flexibility index (Phi) is 3.41. The number of aromatic amines is 1. The van der Waals surface area contributed by atoms with Crippen molar-refractivity contribution >= 4 is 17.6 Å². The van der Waals surface area contributed by atoms with E-state index in [9.17, 15) is 9.18 Å². The molecule has 0 atom stereocenters. The number of halogens is 1. The minimum atomic E-state index is -0.556. The highest BCUT2D eigenvalue weighted by Gasteiger charge is 2.17. The van der Waals surface area contributed by atoms with Crippen molar-refractivity contribution in [3.8, 4) is 22.5 Å². The molecule has 0 saturated heterocycles. The number of rotatable bonds is 3. The maximum atomic E-state index is 13.0. The summed E-state index contributed by atoms with van der Waals surface area (Å²) in [7, 11) is 0. The number of thiocarbonyl (C=S) groups is 1. The maximum absolute atomic E-state index is 13.0. The number of nitrogens with one attached hydrogen (secondary N) is 1. The lowest BCUT2D eigenvalue weighted by molar-refractivity contribution is 0.394. The fourth-order valence-electron chi connectivity index (χ4n) is 1.93. The summed E-state index contributed by atoms with van der Waals surface area (Å²) in [4.78, 5) is 20.1. The van der Waals surface area contributed by atoms with Crippen LogP contribution in [0.3, 0.4) is 0 Å². The fourth-order valence-corrected chi connectivity index (χ4v) is 2.04. The molecule has 1 aromatic carbocycles. The molecule has 0 bridgehead atoms. The third-order valence-electron chi connectivity index (χ3n) is 2.87. The van der Waals surface area contributed by atoms with E-state index < -0.39 is 5.63 Å². The van der Waals surface area contributed by atoms with E-state index >= 15 is 0 Å². The molecule has 5 nitrogen and oxygen atoms in total. The van der Waals surface area contributed by atoms with Gasteiger partial charge in [-0.3, -0.25) is 0 Å². The van der Waals surface area contributed by atoms with E-state index in [0.717, 1.165) is 0 Å². The molecule has 0 spiro atoms. The molecule has 21 heavy (non-hydrogen) atoms. The Labute approximate surface area is 123 Å². The van der Waals surface area contributed by atoms with Crippen LogP contribution in [0, 0.1) is 5.82 Å². The minimum Gasteiger partial charge on any atom is -0.338 e. The zero-order chi connectivity index (χ0) is 14.8. The molecular formula is C14H8FN3O2S. The van der Waals surface area contributed by atoms with Crippen molar-refractivity contribution in [2.24, 2.45) is 0 Å². The van der Waals surface area contributed by atoms with Crippen LogP contribution in [0.15, 0.2) is 45.8 Å². The number of hydrogen-bond acceptors (Lipinski definition) is 5. The molecule has 2 heterocycles. The Bertz CT molecular complexity index is 855. The van der Waals surface area contributed by atoms with Gasteiger partial charge in [0.05, 0.1) is 11.3 Å². The van der Waals surface area contributed by atoms with Crippen LogP contribution in [-0.4, -0.2) is 20.5 Å². The topological polar surface area (TPSA) is 71.8 Å². The molecule has 0 aliphatic heterocycles. The second-order valence-electron chi connectivity index (χ2n) is 4.17. The molecule has 0 fully saturated rings. The number of aromatic nitrogens is 3. The normalized spacial score (nSPS) is 10.5. The van der Waals surface area contributed by atoms with Crippen molar-refractivity contribution in [3.05, 3.63) is 58.6 Å². The van der Waals surface area contributed by atoms with Gasteiger partial charge in [-0.2, -0.15) is 0 Å². The molecule has 7 heteroatoms. The maximum Gasteiger partial charge on any atom is 0.365 e. The zero-order valence-electron chi connectivity index (χ0n) is 10.5. The average Bonchev–Trinajstić information content (AvgIpc) is 2.90. The van der Waals surface area contributed by atoms with Crippen LogP contribution in [-0.2, 0) is 0 Å². The predicted octanol–water partition coefficient (Wildman–Crippen LogP) is 2.58. The van der Waals surface area contributed by atoms with E-state index in [1.165, 1.54) is 35.8 Å². The highest BCUT2D eigenvalue weighted by atomic mass is 32.1. The molecule has 1 N–H and O–H groups in total. The lowest BCUT2D eigenvalue weighted by Crippen LogP contribution is -1.99. The minimum absolute atomic E-state index is 0.281. The largest absolute Gasteiger partial charge is 0.365 e. The zero-order valence-corrected chi connectivity index (χ0v) is 11.4. The van der Waals surface area contributed by atoms with Gasteiger partial charge >= 0.3 is 5.63 Å². The number of H-pyrrole nitrogens is 1. The molecule has 0 aliphatic rings. The lowest BCUT2D eigenvalue weighted by atomic mass is 10.0. The van der Waals surface area contributed by atoms with Gasteiger partial charge in [0.25, 0.3) is 0 Å². The summed E-state index contributed by atoms with van der Waals surface area (Å²) in [6, 6.07) is 7.17. The van der Waals surface area contributed by atoms with Crippen molar-refractivity contribution < 1.29 is 8.91 Å². The van der Waals surface area contributed by atoms with E-state index in [0.29, 0.717) is 22.8 Å². The smallest absolute Gasteiger partial charge is 0.338 e. The van der Waals surface area contributed by atoms with Crippen LogP contribution < -0.4 is 5.63 Å². The highest BCUT2D eigenvalue weighted by molar-refractivity contribution is 7.79. The van der Waals surface area contributed by atoms with E-state index in [4.69, 9.17) is 16.7 Å². The van der Waals surface area contributed by atoms with Crippen molar-refractivity contribution in [1.29, 1.82) is 0 Å². The van der Waals surface area contributed by atoms with Gasteiger partial charge in [0.15, 0.2) is 5.82 Å². The second-order valence-corrected chi connectivity index (χ2v) is 4.40. The second kappa shape index (κ2) is 5.37. The Morgan fingerprint density at radius 3 is 2.71 bits per heavy atom. The Morgan fingerprint density at radius 1 is 1.24 bits per heavy atom. The number of benzene rings is 1. The first kappa shape index (κ1) is 13.3. The molecule has 3 rings (SSSR count). The monoisotopic (exact) mass is 301 g/mol. The van der Waals surface area contributed by atoms with E-state index in [1.807, 2.05) is 0 Å². The highest BCUT2D eigenvalue weighted by Crippen LogP contribution is 2.26. The van der Waals surface area contributed by atoms with E-state index in [1.54, 1.807) is 6.07 Å². The predicted molar refractivity (Wildman–Crippen MR) is 78.5 cm³/mol. The fraction of sp³-hybridized carbons (Fsp3) is 0. The molecule has 0 aliphatic carbocycles. The van der Waals surface area contributed by atoms with E-state index in [-0.39, 0.29) is 11.4 Å². The van der Waals surface area contributed by atoms with E-state index in [2.05, 4.69) is 15.1 Å². The summed E-state index contributed by atoms with van der Waals surface area (Å²) < 4.78 is 17.8. The standard InChI is InChI=1S/C14H8FN3O2S/c15-9-3-1-8(2-4-9)12-13(18-20-14(12)19)10-5-6-16-11(7-21)17-10/h1-7,18H. The van der Waals surface area contributed by atoms with Gasteiger partial charge in [-0.05, 0) is 23.8 Å². The van der Waals surface area contributed by atoms with Crippen LogP contribution >= 0.6 is 12.2 Å². The Balaban J connectivity index is 2.19. The van der Waals surface area contributed by atoms with Crippen molar-refractivity contribution in [3.63, 3.8) is 0 Å². The molecule has 0 radical (unpaired) electrons. The summed E-state index contributed by atoms with van der Waals surface area (Å²) in [5, 5.41) is 3.87. The number of nitrogens with zero attached hydrogens (tertiary/aromatic N) is 2. The summed E-state index contributed by atoms with van der Waals surface area (Å²) in [6.45, 7) is 0. The Morgan fingerprint density at radius 2 is 2.00 bits per heavy atom. The molecule has 3 aromatic rings. The third-order valence-corrected chi connectivity index (χ3v) is 3.08. The van der Waals surface area contributed by atoms with Crippen LogP contribution in [0.5, 0.6) is 0 Å². The first-order valence-corrected chi connectivity index (χ1v) is 6.42. The first-order chi connectivity index (χ1) is 10.2. The van der Waals surface area contributed by atoms with Crippen LogP contribution in [0.1, 0.15) is 5.82 Å². The molecule has 0 amide bonds. The summed E-state index contributed by atoms with van der Waals surface area (Å²) in [5.74, 6) is -0.0279. The third kappa shape index (κ3) is 2.50. The van der Waals surface area contributed by atoms with Gasteiger partial charge in [-0.15, -0.1) is 0 Å². The van der Waals surface area contributed by atoms with Crippen LogP contribution in [0.25, 0.3) is 22.5 Å². The van der Waals surface area contributed by atoms with Gasteiger partial charge in [0.1, 0.15) is 11.5 Å². The van der Waals surface area contributed by atoms with Crippen LogP contribution in [0.4, 0.5) is 4.39 Å². The first-order valence-electron chi connectivity index (χ1n) is 5.95. The number of hydrogen-bond donors (Lipinski definition) is 1. The van der Waals surface area contributed by atoms with Crippen molar-refractivity contribution in [1.82, 2.24) is 15.1 Å². The van der Waals surface area contributed by atoms with Gasteiger partial charge in [-0.25, -0.2) is 24.3 Å². The quantitative estimate of drug-likeness (QED) is 0.753. The molecule has 2 aromatic heterocycles. The van der Waals surface area contributed by atoms with Gasteiger partial charge in [0, 0.05) is 11.6 Å². The van der Waals surface area contributed by atoms with Gasteiger partial charge in [0.2, 0.25) is 0 Å².